The first kappa shape index (κ1) is 19.8. The van der Waals surface area contributed by atoms with Crippen molar-refractivity contribution in [2.24, 2.45) is 11.8 Å². The van der Waals surface area contributed by atoms with Crippen LogP contribution in [0, 0.1) is 17.7 Å². The van der Waals surface area contributed by atoms with Gasteiger partial charge in [-0.05, 0) is 44.2 Å². The van der Waals surface area contributed by atoms with Crippen molar-refractivity contribution < 1.29 is 27.5 Å². The lowest BCUT2D eigenvalue weighted by Crippen LogP contribution is -2.45. The summed E-state index contributed by atoms with van der Waals surface area (Å²) in [6.45, 7) is 0.300. The van der Waals surface area contributed by atoms with Crippen LogP contribution in [0.25, 0.3) is 0 Å². The number of amides is 1. The molecule has 1 saturated carbocycles. The molecule has 0 aromatic heterocycles. The Morgan fingerprint density at radius 1 is 1.07 bits per heavy atom. The van der Waals surface area contributed by atoms with Gasteiger partial charge < -0.3 is 10.4 Å². The van der Waals surface area contributed by atoms with Crippen molar-refractivity contribution in [3.63, 3.8) is 0 Å². The summed E-state index contributed by atoms with van der Waals surface area (Å²) in [7, 11) is -3.92. The van der Waals surface area contributed by atoms with Crippen LogP contribution < -0.4 is 5.32 Å². The predicted octanol–water partition coefficient (Wildman–Crippen LogP) is 1.60. The van der Waals surface area contributed by atoms with Gasteiger partial charge in [0.15, 0.2) is 0 Å². The second kappa shape index (κ2) is 7.93. The number of hydrogen-bond donors (Lipinski definition) is 2. The molecule has 1 heterocycles. The van der Waals surface area contributed by atoms with Gasteiger partial charge in [-0.15, -0.1) is 0 Å². The van der Waals surface area contributed by atoms with Gasteiger partial charge in [0.2, 0.25) is 15.9 Å². The standard InChI is InChI=1S/C18H23FN2O5S/c19-15-3-1-2-4-16(15)27(25,26)21-9-7-12(8-10-21)17(22)20-14-6-5-13(11-14)18(23)24/h1-4,12-14H,5-11H2,(H,20,22)(H,23,24)/t13-,14+/m1/s1. The Hall–Kier alpha value is -2.00. The first-order chi connectivity index (χ1) is 12.8. The van der Waals surface area contributed by atoms with Crippen LogP contribution in [0.3, 0.4) is 0 Å². The topological polar surface area (TPSA) is 104 Å². The molecule has 1 aromatic carbocycles. The number of rotatable bonds is 5. The smallest absolute Gasteiger partial charge is 0.306 e. The fourth-order valence-corrected chi connectivity index (χ4v) is 5.34. The van der Waals surface area contributed by atoms with E-state index in [9.17, 15) is 22.4 Å². The van der Waals surface area contributed by atoms with Gasteiger partial charge in [-0.3, -0.25) is 9.59 Å². The highest BCUT2D eigenvalue weighted by atomic mass is 32.2. The molecule has 0 bridgehead atoms. The SMILES string of the molecule is O=C(N[C@H]1CC[C@@H](C(=O)O)C1)C1CCN(S(=O)(=O)c2ccccc2F)CC1. The van der Waals surface area contributed by atoms with E-state index in [1.54, 1.807) is 0 Å². The Bertz CT molecular complexity index is 821. The first-order valence-electron chi connectivity index (χ1n) is 9.07. The summed E-state index contributed by atoms with van der Waals surface area (Å²) in [5, 5.41) is 11.9. The number of hydrogen-bond acceptors (Lipinski definition) is 4. The first-order valence-corrected chi connectivity index (χ1v) is 10.5. The highest BCUT2D eigenvalue weighted by Gasteiger charge is 2.35. The van der Waals surface area contributed by atoms with E-state index in [-0.39, 0.29) is 35.9 Å². The molecule has 1 amide bonds. The van der Waals surface area contributed by atoms with Crippen molar-refractivity contribution >= 4 is 21.9 Å². The normalized spacial score (nSPS) is 24.6. The largest absolute Gasteiger partial charge is 0.481 e. The van der Waals surface area contributed by atoms with Gasteiger partial charge in [-0.2, -0.15) is 4.31 Å². The maximum atomic E-state index is 13.8. The van der Waals surface area contributed by atoms with E-state index in [4.69, 9.17) is 5.11 Å². The lowest BCUT2D eigenvalue weighted by atomic mass is 9.96. The number of carboxylic acids is 1. The minimum Gasteiger partial charge on any atom is -0.481 e. The van der Waals surface area contributed by atoms with E-state index in [0.717, 1.165) is 6.07 Å². The van der Waals surface area contributed by atoms with Crippen LogP contribution >= 0.6 is 0 Å². The number of carboxylic acid groups (broad SMARTS) is 1. The van der Waals surface area contributed by atoms with Crippen molar-refractivity contribution in [1.29, 1.82) is 0 Å². The van der Waals surface area contributed by atoms with Crippen LogP contribution in [0.1, 0.15) is 32.1 Å². The Labute approximate surface area is 157 Å². The van der Waals surface area contributed by atoms with Gasteiger partial charge in [-0.1, -0.05) is 12.1 Å². The lowest BCUT2D eigenvalue weighted by molar-refractivity contribution is -0.141. The molecule has 0 unspecified atom stereocenters. The Morgan fingerprint density at radius 3 is 2.33 bits per heavy atom. The zero-order chi connectivity index (χ0) is 19.6. The van der Waals surface area contributed by atoms with Gasteiger partial charge in [0.05, 0.1) is 5.92 Å². The fraction of sp³-hybridized carbons (Fsp3) is 0.556. The van der Waals surface area contributed by atoms with Crippen LogP contribution in [0.15, 0.2) is 29.2 Å². The third-order valence-corrected chi connectivity index (χ3v) is 7.34. The number of benzene rings is 1. The van der Waals surface area contributed by atoms with Crippen molar-refractivity contribution in [3.05, 3.63) is 30.1 Å². The molecule has 27 heavy (non-hydrogen) atoms. The van der Waals surface area contributed by atoms with Crippen molar-refractivity contribution in [2.45, 2.75) is 43.0 Å². The van der Waals surface area contributed by atoms with Gasteiger partial charge in [0, 0.05) is 25.0 Å². The molecule has 2 N–H and O–H groups in total. The van der Waals surface area contributed by atoms with Crippen LogP contribution in [-0.4, -0.2) is 48.8 Å². The number of carbonyl (C=O) groups is 2. The number of aliphatic carboxylic acids is 1. The fourth-order valence-electron chi connectivity index (χ4n) is 3.81. The molecule has 9 heteroatoms. The number of carbonyl (C=O) groups excluding carboxylic acids is 1. The highest BCUT2D eigenvalue weighted by Crippen LogP contribution is 2.28. The highest BCUT2D eigenvalue weighted by molar-refractivity contribution is 7.89. The van der Waals surface area contributed by atoms with Crippen LogP contribution in [-0.2, 0) is 19.6 Å². The predicted molar refractivity (Wildman–Crippen MR) is 94.8 cm³/mol. The number of piperidine rings is 1. The van der Waals surface area contributed by atoms with Gasteiger partial charge in [0.25, 0.3) is 0 Å². The number of sulfonamides is 1. The van der Waals surface area contributed by atoms with E-state index >= 15 is 0 Å². The minimum absolute atomic E-state index is 0.140. The van der Waals surface area contributed by atoms with Gasteiger partial charge in [-0.25, -0.2) is 12.8 Å². The third kappa shape index (κ3) is 4.30. The lowest BCUT2D eigenvalue weighted by Gasteiger charge is -2.31. The van der Waals surface area contributed by atoms with Crippen LogP contribution in [0.5, 0.6) is 0 Å². The number of nitrogens with one attached hydrogen (secondary N) is 1. The van der Waals surface area contributed by atoms with E-state index < -0.39 is 27.7 Å². The zero-order valence-electron chi connectivity index (χ0n) is 14.8. The van der Waals surface area contributed by atoms with Crippen molar-refractivity contribution in [3.8, 4) is 0 Å². The zero-order valence-corrected chi connectivity index (χ0v) is 15.6. The second-order valence-electron chi connectivity index (χ2n) is 7.16. The molecule has 1 aliphatic carbocycles. The monoisotopic (exact) mass is 398 g/mol. The maximum absolute atomic E-state index is 13.8. The van der Waals surface area contributed by atoms with E-state index in [1.807, 2.05) is 0 Å². The summed E-state index contributed by atoms with van der Waals surface area (Å²) in [5.74, 6) is -2.51. The molecule has 0 radical (unpaired) electrons. The molecule has 0 spiro atoms. The van der Waals surface area contributed by atoms with Gasteiger partial charge in [0.1, 0.15) is 10.7 Å². The van der Waals surface area contributed by atoms with E-state index in [1.165, 1.54) is 22.5 Å². The van der Waals surface area contributed by atoms with E-state index in [2.05, 4.69) is 5.32 Å². The summed E-state index contributed by atoms with van der Waals surface area (Å²) >= 11 is 0. The average molecular weight is 398 g/mol. The molecule has 3 rings (SSSR count). The molecular weight excluding hydrogens is 375 g/mol. The van der Waals surface area contributed by atoms with Crippen molar-refractivity contribution in [1.82, 2.24) is 9.62 Å². The summed E-state index contributed by atoms with van der Waals surface area (Å²) in [4.78, 5) is 23.1. The second-order valence-corrected chi connectivity index (χ2v) is 9.07. The molecular formula is C18H23FN2O5S. The Balaban J connectivity index is 1.55. The summed E-state index contributed by atoms with van der Waals surface area (Å²) in [5.41, 5.74) is 0. The summed E-state index contributed by atoms with van der Waals surface area (Å²) in [6.07, 6.45) is 2.34. The summed E-state index contributed by atoms with van der Waals surface area (Å²) < 4.78 is 40.2. The molecule has 1 saturated heterocycles. The van der Waals surface area contributed by atoms with Crippen molar-refractivity contribution in [2.75, 3.05) is 13.1 Å². The maximum Gasteiger partial charge on any atom is 0.306 e. The van der Waals surface area contributed by atoms with Crippen LogP contribution in [0.4, 0.5) is 4.39 Å². The van der Waals surface area contributed by atoms with Crippen LogP contribution in [0.2, 0.25) is 0 Å². The molecule has 1 aliphatic heterocycles. The molecule has 148 valence electrons. The Morgan fingerprint density at radius 2 is 1.74 bits per heavy atom. The molecule has 7 nitrogen and oxygen atoms in total. The molecule has 2 aliphatic rings. The number of nitrogens with zero attached hydrogens (tertiary/aromatic N) is 1. The summed E-state index contributed by atoms with van der Waals surface area (Å²) in [6, 6.07) is 5.12. The molecule has 2 fully saturated rings. The average Bonchev–Trinajstić information content (AvgIpc) is 3.11. The molecule has 1 aromatic rings. The Kier molecular flexibility index (Phi) is 5.81. The van der Waals surface area contributed by atoms with E-state index in [0.29, 0.717) is 32.1 Å². The number of halogens is 1. The quantitative estimate of drug-likeness (QED) is 0.784. The molecule has 2 atom stereocenters. The minimum atomic E-state index is -3.92. The third-order valence-electron chi connectivity index (χ3n) is 5.41. The van der Waals surface area contributed by atoms with Gasteiger partial charge >= 0.3 is 5.97 Å².